The van der Waals surface area contributed by atoms with E-state index < -0.39 is 27.5 Å². The van der Waals surface area contributed by atoms with E-state index >= 15 is 0 Å². The van der Waals surface area contributed by atoms with Crippen LogP contribution in [0.15, 0.2) is 92.1 Å². The third-order valence-corrected chi connectivity index (χ3v) is 8.29. The molecule has 1 unspecified atom stereocenters. The van der Waals surface area contributed by atoms with Crippen molar-refractivity contribution in [3.05, 3.63) is 97.7 Å². The van der Waals surface area contributed by atoms with Crippen molar-refractivity contribution in [1.82, 2.24) is 4.90 Å². The van der Waals surface area contributed by atoms with Crippen LogP contribution in [-0.4, -0.2) is 24.3 Å². The Morgan fingerprint density at radius 3 is 2.24 bits per heavy atom. The maximum atomic E-state index is 13.4. The van der Waals surface area contributed by atoms with Gasteiger partial charge in [-0.2, -0.15) is 0 Å². The van der Waals surface area contributed by atoms with Crippen LogP contribution in [0.2, 0.25) is 0 Å². The summed E-state index contributed by atoms with van der Waals surface area (Å²) in [5.41, 5.74) is 0.840. The van der Waals surface area contributed by atoms with Gasteiger partial charge in [0.25, 0.3) is 5.91 Å². The zero-order chi connectivity index (χ0) is 20.6. The minimum Gasteiger partial charge on any atom is -0.502 e. The molecule has 4 rings (SSSR count). The molecule has 1 aliphatic rings. The number of rotatable bonds is 5. The van der Waals surface area contributed by atoms with Crippen LogP contribution in [0.3, 0.4) is 0 Å². The minimum absolute atomic E-state index is 0.0385. The first kappa shape index (κ1) is 19.9. The molecule has 1 aromatic heterocycles. The maximum Gasteiger partial charge on any atom is 0.290 e. The number of sulfone groups is 1. The summed E-state index contributed by atoms with van der Waals surface area (Å²) in [5.74, 6) is -1.42. The number of hydrogen-bond donors (Lipinski definition) is 1. The highest BCUT2D eigenvalue weighted by atomic mass is 79.9. The lowest BCUT2D eigenvalue weighted by molar-refractivity contribution is -0.130. The molecule has 2 heterocycles. The van der Waals surface area contributed by atoms with Crippen molar-refractivity contribution in [2.45, 2.75) is 17.5 Å². The number of aliphatic hydroxyl groups excluding tert-OH is 1. The normalized spacial score (nSPS) is 17.2. The summed E-state index contributed by atoms with van der Waals surface area (Å²) in [6.45, 7) is 0.178. The number of carbonyl (C=O) groups is 1. The molecule has 2 aromatic carbocycles. The van der Waals surface area contributed by atoms with Gasteiger partial charge in [0.1, 0.15) is 10.9 Å². The molecule has 29 heavy (non-hydrogen) atoms. The van der Waals surface area contributed by atoms with Crippen LogP contribution in [0.1, 0.15) is 16.5 Å². The van der Waals surface area contributed by atoms with Crippen molar-refractivity contribution in [2.75, 3.05) is 0 Å². The molecular weight excluding hydrogens is 474 g/mol. The van der Waals surface area contributed by atoms with Gasteiger partial charge in [-0.25, -0.2) is 8.42 Å². The summed E-state index contributed by atoms with van der Waals surface area (Å²) in [6.07, 6.45) is 0. The van der Waals surface area contributed by atoms with E-state index in [9.17, 15) is 18.3 Å². The van der Waals surface area contributed by atoms with Crippen molar-refractivity contribution in [3.63, 3.8) is 0 Å². The third-order valence-electron chi connectivity index (χ3n) is 4.65. The SMILES string of the molecule is O=C1C(O)=C(S(=O)(=O)c2ccccc2)C(c2cc(Br)cs2)N1Cc1ccccc1. The molecule has 1 N–H and O–H groups in total. The van der Waals surface area contributed by atoms with E-state index in [1.165, 1.54) is 28.4 Å². The molecule has 0 spiro atoms. The Labute approximate surface area is 181 Å². The lowest BCUT2D eigenvalue weighted by Gasteiger charge is -2.26. The fourth-order valence-corrected chi connectivity index (χ4v) is 6.63. The van der Waals surface area contributed by atoms with Gasteiger partial charge < -0.3 is 10.0 Å². The van der Waals surface area contributed by atoms with Gasteiger partial charge in [0.2, 0.25) is 9.84 Å². The summed E-state index contributed by atoms with van der Waals surface area (Å²) < 4.78 is 27.5. The number of benzene rings is 2. The molecule has 5 nitrogen and oxygen atoms in total. The standard InChI is InChI=1S/C21H16BrNO4S2/c22-15-11-17(28-13-15)18-20(29(26,27)16-9-5-2-6-10-16)19(24)21(25)23(18)12-14-7-3-1-4-8-14/h1-11,13,18,24H,12H2. The Balaban J connectivity index is 1.85. The molecule has 1 atom stereocenters. The first-order chi connectivity index (χ1) is 13.9. The van der Waals surface area contributed by atoms with E-state index in [1.807, 2.05) is 35.7 Å². The van der Waals surface area contributed by atoms with Crippen LogP contribution in [0, 0.1) is 0 Å². The number of carbonyl (C=O) groups excluding carboxylic acids is 1. The zero-order valence-electron chi connectivity index (χ0n) is 15.0. The second-order valence-corrected chi connectivity index (χ2v) is 10.3. The maximum absolute atomic E-state index is 13.4. The van der Waals surface area contributed by atoms with E-state index in [2.05, 4.69) is 15.9 Å². The number of aliphatic hydroxyl groups is 1. The number of amides is 1. The van der Waals surface area contributed by atoms with Crippen molar-refractivity contribution in [3.8, 4) is 0 Å². The van der Waals surface area contributed by atoms with Gasteiger partial charge in [-0.1, -0.05) is 48.5 Å². The summed E-state index contributed by atoms with van der Waals surface area (Å²) in [7, 11) is -4.08. The smallest absolute Gasteiger partial charge is 0.290 e. The first-order valence-corrected chi connectivity index (χ1v) is 11.9. The van der Waals surface area contributed by atoms with Crippen molar-refractivity contribution >= 4 is 43.0 Å². The Morgan fingerprint density at radius 1 is 1.03 bits per heavy atom. The Bertz CT molecular complexity index is 1190. The van der Waals surface area contributed by atoms with Crippen molar-refractivity contribution in [2.24, 2.45) is 0 Å². The van der Waals surface area contributed by atoms with Gasteiger partial charge in [-0.05, 0) is 39.7 Å². The van der Waals surface area contributed by atoms with E-state index in [4.69, 9.17) is 0 Å². The van der Waals surface area contributed by atoms with Crippen LogP contribution >= 0.6 is 27.3 Å². The highest BCUT2D eigenvalue weighted by Crippen LogP contribution is 2.45. The molecule has 0 fully saturated rings. The summed E-state index contributed by atoms with van der Waals surface area (Å²) in [4.78, 5) is 14.7. The van der Waals surface area contributed by atoms with Gasteiger partial charge in [-0.3, -0.25) is 4.79 Å². The fourth-order valence-electron chi connectivity index (χ4n) is 3.33. The lowest BCUT2D eigenvalue weighted by atomic mass is 10.1. The molecular formula is C21H16BrNO4S2. The molecule has 0 bridgehead atoms. The second kappa shape index (κ2) is 7.78. The van der Waals surface area contributed by atoms with Crippen LogP contribution < -0.4 is 0 Å². The predicted octanol–water partition coefficient (Wildman–Crippen LogP) is 4.84. The van der Waals surface area contributed by atoms with E-state index in [0.717, 1.165) is 10.0 Å². The van der Waals surface area contributed by atoms with Crippen LogP contribution in [0.25, 0.3) is 0 Å². The molecule has 0 saturated heterocycles. The van der Waals surface area contributed by atoms with E-state index in [0.29, 0.717) is 4.88 Å². The van der Waals surface area contributed by atoms with Gasteiger partial charge in [0, 0.05) is 21.3 Å². The third kappa shape index (κ3) is 3.63. The topological polar surface area (TPSA) is 74.7 Å². The molecule has 1 amide bonds. The first-order valence-electron chi connectivity index (χ1n) is 8.71. The Hall–Kier alpha value is -2.42. The number of hydrogen-bond acceptors (Lipinski definition) is 5. The molecule has 0 aliphatic carbocycles. The minimum atomic E-state index is -4.08. The summed E-state index contributed by atoms with van der Waals surface area (Å²) in [5, 5.41) is 12.5. The number of halogens is 1. The molecule has 0 radical (unpaired) electrons. The molecule has 0 saturated carbocycles. The van der Waals surface area contributed by atoms with E-state index in [1.54, 1.807) is 24.3 Å². The van der Waals surface area contributed by atoms with Gasteiger partial charge in [0.05, 0.1) is 4.90 Å². The molecule has 1 aliphatic heterocycles. The van der Waals surface area contributed by atoms with Gasteiger partial charge in [0.15, 0.2) is 5.76 Å². The average molecular weight is 490 g/mol. The fraction of sp³-hybridized carbons (Fsp3) is 0.0952. The van der Waals surface area contributed by atoms with Crippen LogP contribution in [0.4, 0.5) is 0 Å². The van der Waals surface area contributed by atoms with Gasteiger partial charge in [-0.15, -0.1) is 11.3 Å². The monoisotopic (exact) mass is 489 g/mol. The Kier molecular flexibility index (Phi) is 5.33. The lowest BCUT2D eigenvalue weighted by Crippen LogP contribution is -2.30. The van der Waals surface area contributed by atoms with Crippen LogP contribution in [0.5, 0.6) is 0 Å². The quantitative estimate of drug-likeness (QED) is 0.556. The van der Waals surface area contributed by atoms with E-state index in [-0.39, 0.29) is 16.3 Å². The van der Waals surface area contributed by atoms with Crippen molar-refractivity contribution < 1.29 is 18.3 Å². The van der Waals surface area contributed by atoms with Crippen LogP contribution in [-0.2, 0) is 21.2 Å². The Morgan fingerprint density at radius 2 is 1.66 bits per heavy atom. The van der Waals surface area contributed by atoms with Crippen molar-refractivity contribution in [1.29, 1.82) is 0 Å². The zero-order valence-corrected chi connectivity index (χ0v) is 18.2. The second-order valence-electron chi connectivity index (χ2n) is 6.52. The number of nitrogens with zero attached hydrogens (tertiary/aromatic N) is 1. The average Bonchev–Trinajstić information content (AvgIpc) is 3.26. The highest BCUT2D eigenvalue weighted by molar-refractivity contribution is 9.10. The summed E-state index contributed by atoms with van der Waals surface area (Å²) >= 11 is 4.72. The number of thiophene rings is 1. The van der Waals surface area contributed by atoms with Gasteiger partial charge >= 0.3 is 0 Å². The molecule has 148 valence electrons. The highest BCUT2D eigenvalue weighted by Gasteiger charge is 2.47. The molecule has 3 aromatic rings. The molecule has 8 heteroatoms. The summed E-state index contributed by atoms with van der Waals surface area (Å²) in [6, 6.07) is 18.0. The largest absolute Gasteiger partial charge is 0.502 e. The predicted molar refractivity (Wildman–Crippen MR) is 115 cm³/mol.